The molecule has 0 saturated carbocycles. The molecule has 0 saturated heterocycles. The van der Waals surface area contributed by atoms with Gasteiger partial charge in [0.1, 0.15) is 0 Å². The van der Waals surface area contributed by atoms with Crippen molar-refractivity contribution in [2.75, 3.05) is 7.05 Å². The van der Waals surface area contributed by atoms with Gasteiger partial charge in [0.05, 0.1) is 5.41 Å². The summed E-state index contributed by atoms with van der Waals surface area (Å²) in [5.41, 5.74) is 0.837. The highest BCUT2D eigenvalue weighted by molar-refractivity contribution is 9.10. The second-order valence-electron chi connectivity index (χ2n) is 4.54. The number of amides is 2. The molecule has 90 valence electrons. The van der Waals surface area contributed by atoms with Gasteiger partial charge in [-0.05, 0) is 37.1 Å². The number of likely N-dealkylation sites (N-methyl/N-ethyl adjacent to an activating group) is 1. The highest BCUT2D eigenvalue weighted by Crippen LogP contribution is 2.38. The van der Waals surface area contributed by atoms with E-state index >= 15 is 0 Å². The lowest BCUT2D eigenvalue weighted by atomic mass is 9.74. The minimum absolute atomic E-state index is 0.129. The van der Waals surface area contributed by atoms with Crippen molar-refractivity contribution in [1.29, 1.82) is 0 Å². The molecule has 0 radical (unpaired) electrons. The van der Waals surface area contributed by atoms with Crippen LogP contribution in [0.4, 0.5) is 0 Å². The van der Waals surface area contributed by atoms with Gasteiger partial charge in [0.15, 0.2) is 0 Å². The molecular formula is C13H14BrNO2. The van der Waals surface area contributed by atoms with Crippen molar-refractivity contribution in [3.8, 4) is 0 Å². The molecule has 0 fully saturated rings. The maximum atomic E-state index is 12.3. The van der Waals surface area contributed by atoms with Crippen LogP contribution < -0.4 is 0 Å². The van der Waals surface area contributed by atoms with Crippen molar-refractivity contribution in [3.63, 3.8) is 0 Å². The average Bonchev–Trinajstić information content (AvgIpc) is 2.33. The second kappa shape index (κ2) is 3.95. The minimum atomic E-state index is -0.609. The Morgan fingerprint density at radius 2 is 2.00 bits per heavy atom. The third-order valence-corrected chi connectivity index (χ3v) is 4.09. The number of fused-ring (bicyclic) bond motifs is 1. The highest BCUT2D eigenvalue weighted by Gasteiger charge is 2.44. The Labute approximate surface area is 109 Å². The molecule has 1 aromatic carbocycles. The van der Waals surface area contributed by atoms with Gasteiger partial charge in [-0.2, -0.15) is 0 Å². The largest absolute Gasteiger partial charge is 0.281 e. The Morgan fingerprint density at radius 3 is 2.59 bits per heavy atom. The number of rotatable bonds is 1. The zero-order valence-corrected chi connectivity index (χ0v) is 11.7. The quantitative estimate of drug-likeness (QED) is 0.747. The fourth-order valence-corrected chi connectivity index (χ4v) is 2.62. The molecule has 1 atom stereocenters. The Kier molecular flexibility index (Phi) is 2.86. The topological polar surface area (TPSA) is 37.4 Å². The Hall–Kier alpha value is -1.16. The molecule has 2 rings (SSSR count). The summed E-state index contributed by atoms with van der Waals surface area (Å²) in [5, 5.41) is 0. The monoisotopic (exact) mass is 295 g/mol. The third kappa shape index (κ3) is 1.62. The van der Waals surface area contributed by atoms with Crippen LogP contribution >= 0.6 is 15.9 Å². The van der Waals surface area contributed by atoms with Gasteiger partial charge in [0, 0.05) is 17.1 Å². The summed E-state index contributed by atoms with van der Waals surface area (Å²) in [6, 6.07) is 5.48. The van der Waals surface area contributed by atoms with E-state index in [0.717, 1.165) is 10.0 Å². The van der Waals surface area contributed by atoms with E-state index in [4.69, 9.17) is 0 Å². The Morgan fingerprint density at radius 1 is 1.35 bits per heavy atom. The number of hydrogen-bond donors (Lipinski definition) is 0. The summed E-state index contributed by atoms with van der Waals surface area (Å²) in [7, 11) is 1.55. The first-order chi connectivity index (χ1) is 7.91. The first kappa shape index (κ1) is 12.3. The van der Waals surface area contributed by atoms with Gasteiger partial charge < -0.3 is 0 Å². The number of nitrogens with zero attached hydrogens (tertiary/aromatic N) is 1. The number of imide groups is 1. The predicted molar refractivity (Wildman–Crippen MR) is 68.9 cm³/mol. The van der Waals surface area contributed by atoms with E-state index < -0.39 is 5.41 Å². The Bertz CT molecular complexity index is 512. The van der Waals surface area contributed by atoms with Gasteiger partial charge in [0.2, 0.25) is 5.91 Å². The lowest BCUT2D eigenvalue weighted by molar-refractivity contribution is -0.133. The van der Waals surface area contributed by atoms with Crippen LogP contribution in [0.1, 0.15) is 36.2 Å². The molecule has 1 aliphatic heterocycles. The molecule has 17 heavy (non-hydrogen) atoms. The Balaban J connectivity index is 2.74. The van der Waals surface area contributed by atoms with E-state index in [1.165, 1.54) is 4.90 Å². The molecule has 0 spiro atoms. The van der Waals surface area contributed by atoms with Gasteiger partial charge in [-0.1, -0.05) is 22.9 Å². The van der Waals surface area contributed by atoms with Crippen molar-refractivity contribution < 1.29 is 9.59 Å². The first-order valence-corrected chi connectivity index (χ1v) is 6.33. The zero-order chi connectivity index (χ0) is 12.8. The van der Waals surface area contributed by atoms with Crippen molar-refractivity contribution in [1.82, 2.24) is 4.90 Å². The fraction of sp³-hybridized carbons (Fsp3) is 0.385. The first-order valence-electron chi connectivity index (χ1n) is 5.54. The van der Waals surface area contributed by atoms with Crippen molar-refractivity contribution in [2.24, 2.45) is 0 Å². The van der Waals surface area contributed by atoms with Crippen LogP contribution in [0.3, 0.4) is 0 Å². The molecule has 0 N–H and O–H groups in total. The van der Waals surface area contributed by atoms with E-state index in [-0.39, 0.29) is 11.8 Å². The molecule has 0 bridgehead atoms. The van der Waals surface area contributed by atoms with E-state index in [0.29, 0.717) is 12.0 Å². The maximum absolute atomic E-state index is 12.3. The third-order valence-electron chi connectivity index (χ3n) is 3.59. The molecule has 0 aliphatic carbocycles. The standard InChI is InChI=1S/C13H14BrNO2/c1-4-13(2)10-7-8(14)5-6-9(10)11(16)15(3)12(13)17/h5-7H,4H2,1-3H3. The molecule has 4 heteroatoms. The molecule has 1 aromatic rings. The van der Waals surface area contributed by atoms with Crippen LogP contribution in [-0.2, 0) is 10.2 Å². The van der Waals surface area contributed by atoms with Gasteiger partial charge in [-0.3, -0.25) is 14.5 Å². The number of carbonyl (C=O) groups is 2. The number of benzene rings is 1. The SMILES string of the molecule is CCC1(C)C(=O)N(C)C(=O)c2ccc(Br)cc21. The van der Waals surface area contributed by atoms with E-state index in [1.807, 2.05) is 26.0 Å². The zero-order valence-electron chi connectivity index (χ0n) is 10.1. The summed E-state index contributed by atoms with van der Waals surface area (Å²) >= 11 is 3.39. The van der Waals surface area contributed by atoms with Crippen molar-refractivity contribution in [2.45, 2.75) is 25.7 Å². The molecule has 1 unspecified atom stereocenters. The summed E-state index contributed by atoms with van der Waals surface area (Å²) in [6.07, 6.45) is 0.674. The molecule has 0 aromatic heterocycles. The second-order valence-corrected chi connectivity index (χ2v) is 5.46. The van der Waals surface area contributed by atoms with Crippen LogP contribution in [0.25, 0.3) is 0 Å². The predicted octanol–water partition coefficient (Wildman–Crippen LogP) is 2.73. The summed E-state index contributed by atoms with van der Waals surface area (Å²) < 4.78 is 0.890. The van der Waals surface area contributed by atoms with E-state index in [1.54, 1.807) is 13.1 Å². The van der Waals surface area contributed by atoms with Gasteiger partial charge in [-0.15, -0.1) is 0 Å². The average molecular weight is 296 g/mol. The molecular weight excluding hydrogens is 282 g/mol. The van der Waals surface area contributed by atoms with Crippen LogP contribution in [-0.4, -0.2) is 23.8 Å². The molecule has 3 nitrogen and oxygen atoms in total. The van der Waals surface area contributed by atoms with Gasteiger partial charge in [-0.25, -0.2) is 0 Å². The minimum Gasteiger partial charge on any atom is -0.281 e. The van der Waals surface area contributed by atoms with Crippen LogP contribution in [0.5, 0.6) is 0 Å². The number of hydrogen-bond acceptors (Lipinski definition) is 2. The molecule has 1 heterocycles. The van der Waals surface area contributed by atoms with Gasteiger partial charge in [0.25, 0.3) is 5.91 Å². The number of halogens is 1. The lowest BCUT2D eigenvalue weighted by Gasteiger charge is -2.37. The lowest BCUT2D eigenvalue weighted by Crippen LogP contribution is -2.51. The van der Waals surface area contributed by atoms with E-state index in [9.17, 15) is 9.59 Å². The summed E-state index contributed by atoms with van der Waals surface area (Å²) in [5.74, 6) is -0.348. The maximum Gasteiger partial charge on any atom is 0.260 e. The van der Waals surface area contributed by atoms with E-state index in [2.05, 4.69) is 15.9 Å². The number of carbonyl (C=O) groups excluding carboxylic acids is 2. The highest BCUT2D eigenvalue weighted by atomic mass is 79.9. The normalized spacial score (nSPS) is 23.9. The van der Waals surface area contributed by atoms with Crippen LogP contribution in [0.2, 0.25) is 0 Å². The van der Waals surface area contributed by atoms with Crippen LogP contribution in [0.15, 0.2) is 22.7 Å². The van der Waals surface area contributed by atoms with Crippen LogP contribution in [0, 0.1) is 0 Å². The molecule has 1 aliphatic rings. The van der Waals surface area contributed by atoms with Gasteiger partial charge >= 0.3 is 0 Å². The summed E-state index contributed by atoms with van der Waals surface area (Å²) in [4.78, 5) is 25.5. The fourth-order valence-electron chi connectivity index (χ4n) is 2.26. The van der Waals surface area contributed by atoms with Crippen molar-refractivity contribution >= 4 is 27.7 Å². The molecule has 2 amide bonds. The van der Waals surface area contributed by atoms with Crippen molar-refractivity contribution in [3.05, 3.63) is 33.8 Å². The summed E-state index contributed by atoms with van der Waals surface area (Å²) in [6.45, 7) is 3.86. The smallest absolute Gasteiger partial charge is 0.260 e.